The van der Waals surface area contributed by atoms with Gasteiger partial charge in [0, 0.05) is 50.3 Å². The first-order valence-corrected chi connectivity index (χ1v) is 11.4. The second kappa shape index (κ2) is 8.38. The van der Waals surface area contributed by atoms with E-state index >= 15 is 0 Å². The van der Waals surface area contributed by atoms with Crippen LogP contribution in [0, 0.1) is 17.8 Å². The Hall–Kier alpha value is -2.40. The van der Waals surface area contributed by atoms with Gasteiger partial charge in [-0.1, -0.05) is 55.7 Å². The van der Waals surface area contributed by atoms with Crippen molar-refractivity contribution in [2.75, 3.05) is 19.6 Å². The first-order chi connectivity index (χ1) is 14.7. The van der Waals surface area contributed by atoms with Crippen LogP contribution in [0.2, 0.25) is 0 Å². The predicted octanol–water partition coefficient (Wildman–Crippen LogP) is 3.59. The molecule has 1 aromatic heterocycles. The highest BCUT2D eigenvalue weighted by atomic mass is 16.2. The van der Waals surface area contributed by atoms with E-state index in [9.17, 15) is 9.59 Å². The van der Waals surface area contributed by atoms with Crippen molar-refractivity contribution in [3.8, 4) is 0 Å². The minimum Gasteiger partial charge on any atom is -0.335 e. The molecule has 1 N–H and O–H groups in total. The number of carbonyl (C=O) groups is 1. The Balaban J connectivity index is 1.35. The molecule has 5 nitrogen and oxygen atoms in total. The van der Waals surface area contributed by atoms with E-state index in [1.54, 1.807) is 6.07 Å². The van der Waals surface area contributed by atoms with Gasteiger partial charge in [0.1, 0.15) is 0 Å². The van der Waals surface area contributed by atoms with Crippen LogP contribution in [0.4, 0.5) is 0 Å². The van der Waals surface area contributed by atoms with Crippen molar-refractivity contribution in [1.29, 1.82) is 0 Å². The van der Waals surface area contributed by atoms with Gasteiger partial charge in [-0.3, -0.25) is 14.5 Å². The van der Waals surface area contributed by atoms with Crippen molar-refractivity contribution in [3.05, 3.63) is 70.1 Å². The van der Waals surface area contributed by atoms with E-state index in [0.717, 1.165) is 44.6 Å². The van der Waals surface area contributed by atoms with Crippen molar-refractivity contribution in [1.82, 2.24) is 14.8 Å². The molecule has 0 spiro atoms. The molecule has 0 radical (unpaired) electrons. The van der Waals surface area contributed by atoms with E-state index in [0.29, 0.717) is 17.7 Å². The number of hydrogen-bond acceptors (Lipinski definition) is 3. The zero-order chi connectivity index (χ0) is 20.5. The van der Waals surface area contributed by atoms with Crippen LogP contribution in [0.25, 0.3) is 0 Å². The zero-order valence-electron chi connectivity index (χ0n) is 17.5. The Labute approximate surface area is 178 Å². The van der Waals surface area contributed by atoms with Gasteiger partial charge in [-0.2, -0.15) is 0 Å². The lowest BCUT2D eigenvalue weighted by atomic mass is 9.87. The zero-order valence-corrected chi connectivity index (χ0v) is 17.5. The molecule has 3 aliphatic rings. The van der Waals surface area contributed by atoms with Gasteiger partial charge in [0.15, 0.2) is 0 Å². The summed E-state index contributed by atoms with van der Waals surface area (Å²) in [5.74, 6) is 1.61. The Morgan fingerprint density at radius 2 is 1.77 bits per heavy atom. The van der Waals surface area contributed by atoms with E-state index in [1.165, 1.54) is 24.8 Å². The van der Waals surface area contributed by atoms with Crippen molar-refractivity contribution >= 4 is 5.91 Å². The standard InChI is InChI=1S/C25H31N3O2/c29-23-12-11-18(13-26-23)14-27-15-21-16-28(25(30)20-9-5-2-6-10-20)24(22(21)17-27)19-7-3-1-4-8-19/h1,3-4,7-8,11-13,20-22,24H,2,5-6,9-10,14-17H2,(H,26,29)/t21-,22-,24+/m0/s1. The van der Waals surface area contributed by atoms with Crippen LogP contribution in [0.3, 0.4) is 0 Å². The number of hydrogen-bond donors (Lipinski definition) is 1. The molecule has 3 fully saturated rings. The SMILES string of the molecule is O=C(C1CCCCC1)N1C[C@@H]2CN(Cc3ccc(=O)[nH]c3)C[C@@H]2[C@H]1c1ccccc1. The van der Waals surface area contributed by atoms with Crippen LogP contribution in [0.15, 0.2) is 53.5 Å². The number of nitrogens with one attached hydrogen (secondary N) is 1. The first kappa shape index (κ1) is 19.6. The van der Waals surface area contributed by atoms with Gasteiger partial charge in [0.05, 0.1) is 6.04 Å². The topological polar surface area (TPSA) is 56.4 Å². The summed E-state index contributed by atoms with van der Waals surface area (Å²) in [6, 6.07) is 14.3. The molecule has 0 unspecified atom stereocenters. The fourth-order valence-corrected chi connectivity index (χ4v) is 5.95. The highest BCUT2D eigenvalue weighted by Gasteiger charge is 2.49. The van der Waals surface area contributed by atoms with E-state index in [4.69, 9.17) is 0 Å². The lowest BCUT2D eigenvalue weighted by Crippen LogP contribution is -2.39. The number of benzene rings is 1. The molecular formula is C25H31N3O2. The molecular weight excluding hydrogens is 374 g/mol. The van der Waals surface area contributed by atoms with Gasteiger partial charge in [-0.25, -0.2) is 0 Å². The van der Waals surface area contributed by atoms with Gasteiger partial charge in [-0.05, 0) is 29.9 Å². The molecule has 30 heavy (non-hydrogen) atoms. The minimum atomic E-state index is -0.0574. The maximum absolute atomic E-state index is 13.5. The summed E-state index contributed by atoms with van der Waals surface area (Å²) < 4.78 is 0. The van der Waals surface area contributed by atoms with Crippen molar-refractivity contribution in [2.45, 2.75) is 44.7 Å². The quantitative estimate of drug-likeness (QED) is 0.846. The predicted molar refractivity (Wildman–Crippen MR) is 117 cm³/mol. The number of rotatable bonds is 4. The summed E-state index contributed by atoms with van der Waals surface area (Å²) in [6.07, 6.45) is 7.61. The number of fused-ring (bicyclic) bond motifs is 1. The van der Waals surface area contributed by atoms with Crippen molar-refractivity contribution in [2.24, 2.45) is 17.8 Å². The molecule has 3 atom stereocenters. The van der Waals surface area contributed by atoms with Crippen LogP contribution in [0.1, 0.15) is 49.3 Å². The number of nitrogens with zero attached hydrogens (tertiary/aromatic N) is 2. The number of aromatic amines is 1. The maximum Gasteiger partial charge on any atom is 0.247 e. The molecule has 5 heteroatoms. The monoisotopic (exact) mass is 405 g/mol. The summed E-state index contributed by atoms with van der Waals surface area (Å²) in [7, 11) is 0. The third-order valence-corrected chi connectivity index (χ3v) is 7.37. The van der Waals surface area contributed by atoms with Gasteiger partial charge >= 0.3 is 0 Å². The Morgan fingerprint density at radius 1 is 0.967 bits per heavy atom. The number of likely N-dealkylation sites (tertiary alicyclic amines) is 2. The summed E-state index contributed by atoms with van der Waals surface area (Å²) in [5.41, 5.74) is 2.36. The number of pyridine rings is 1. The Bertz CT molecular complexity index is 914. The van der Waals surface area contributed by atoms with Gasteiger partial charge in [0.25, 0.3) is 0 Å². The van der Waals surface area contributed by atoms with Crippen LogP contribution in [0.5, 0.6) is 0 Å². The van der Waals surface area contributed by atoms with Crippen molar-refractivity contribution < 1.29 is 4.79 Å². The molecule has 0 bridgehead atoms. The molecule has 1 saturated carbocycles. The van der Waals surface area contributed by atoms with Gasteiger partial charge in [0.2, 0.25) is 11.5 Å². The van der Waals surface area contributed by atoms with Crippen molar-refractivity contribution in [3.63, 3.8) is 0 Å². The fourth-order valence-electron chi connectivity index (χ4n) is 5.95. The third kappa shape index (κ3) is 3.83. The number of H-pyrrole nitrogens is 1. The lowest BCUT2D eigenvalue weighted by molar-refractivity contribution is -0.138. The largest absolute Gasteiger partial charge is 0.335 e. The van der Waals surface area contributed by atoms with E-state index in [1.807, 2.05) is 12.3 Å². The molecule has 158 valence electrons. The smallest absolute Gasteiger partial charge is 0.247 e. The average molecular weight is 406 g/mol. The molecule has 5 rings (SSSR count). The van der Waals surface area contributed by atoms with Crippen LogP contribution in [-0.2, 0) is 11.3 Å². The molecule has 1 aromatic carbocycles. The van der Waals surface area contributed by atoms with E-state index in [2.05, 4.69) is 45.1 Å². The summed E-state index contributed by atoms with van der Waals surface area (Å²) >= 11 is 0. The molecule has 2 saturated heterocycles. The normalized spacial score (nSPS) is 27.3. The summed E-state index contributed by atoms with van der Waals surface area (Å²) in [5, 5.41) is 0. The van der Waals surface area contributed by atoms with Crippen LogP contribution in [-0.4, -0.2) is 40.3 Å². The van der Waals surface area contributed by atoms with Gasteiger partial charge < -0.3 is 9.88 Å². The Kier molecular flexibility index (Phi) is 5.47. The number of amides is 1. The highest BCUT2D eigenvalue weighted by Crippen LogP contribution is 2.46. The average Bonchev–Trinajstić information content (AvgIpc) is 3.33. The summed E-state index contributed by atoms with van der Waals surface area (Å²) in [4.78, 5) is 32.3. The van der Waals surface area contributed by atoms with E-state index in [-0.39, 0.29) is 17.5 Å². The van der Waals surface area contributed by atoms with E-state index < -0.39 is 0 Å². The maximum atomic E-state index is 13.5. The van der Waals surface area contributed by atoms with Crippen LogP contribution < -0.4 is 5.56 Å². The lowest BCUT2D eigenvalue weighted by Gasteiger charge is -2.33. The fraction of sp³-hybridized carbons (Fsp3) is 0.520. The second-order valence-corrected chi connectivity index (χ2v) is 9.36. The third-order valence-electron chi connectivity index (χ3n) is 7.37. The molecule has 2 aliphatic heterocycles. The van der Waals surface area contributed by atoms with Crippen LogP contribution >= 0.6 is 0 Å². The van der Waals surface area contributed by atoms with Gasteiger partial charge in [-0.15, -0.1) is 0 Å². The Morgan fingerprint density at radius 3 is 2.50 bits per heavy atom. The highest BCUT2D eigenvalue weighted by molar-refractivity contribution is 5.80. The first-order valence-electron chi connectivity index (χ1n) is 11.4. The molecule has 3 heterocycles. The second-order valence-electron chi connectivity index (χ2n) is 9.36. The molecule has 1 amide bonds. The minimum absolute atomic E-state index is 0.0574. The number of carbonyl (C=O) groups excluding carboxylic acids is 1. The molecule has 1 aliphatic carbocycles. The summed E-state index contributed by atoms with van der Waals surface area (Å²) in [6.45, 7) is 3.74. The number of aromatic nitrogens is 1. The molecule has 2 aromatic rings.